The minimum Gasteiger partial charge on any atom is -0.507 e. The lowest BCUT2D eigenvalue weighted by Gasteiger charge is -2.12. The number of ether oxygens (including phenoxy) is 1. The third kappa shape index (κ3) is 3.97. The molecule has 0 aliphatic carbocycles. The lowest BCUT2D eigenvalue weighted by Crippen LogP contribution is -2.28. The number of hydrazone groups is 1. The highest BCUT2D eigenvalue weighted by atomic mass is 35.5. The number of benzene rings is 2. The van der Waals surface area contributed by atoms with Crippen LogP contribution in [0.1, 0.15) is 22.3 Å². The van der Waals surface area contributed by atoms with E-state index in [1.807, 2.05) is 30.3 Å². The van der Waals surface area contributed by atoms with Gasteiger partial charge in [0.1, 0.15) is 11.3 Å². The molecule has 1 N–H and O–H groups in total. The molecule has 3 rings (SSSR count). The molecule has 0 bridgehead atoms. The molecule has 6 nitrogen and oxygen atoms in total. The summed E-state index contributed by atoms with van der Waals surface area (Å²) in [4.78, 5) is 24.1. The number of amides is 1. The zero-order valence-corrected chi connectivity index (χ0v) is 13.9. The molecular weight excluding hydrogens is 344 g/mol. The monoisotopic (exact) mass is 358 g/mol. The summed E-state index contributed by atoms with van der Waals surface area (Å²) in [6, 6.07) is 13.6. The Kier molecular flexibility index (Phi) is 5.00. The lowest BCUT2D eigenvalue weighted by atomic mass is 10.1. The Balaban J connectivity index is 1.61. The van der Waals surface area contributed by atoms with Crippen LogP contribution in [-0.4, -0.2) is 40.9 Å². The number of aromatic hydroxyl groups is 1. The first-order chi connectivity index (χ1) is 12.0. The van der Waals surface area contributed by atoms with Crippen LogP contribution >= 0.6 is 11.6 Å². The fourth-order valence-electron chi connectivity index (χ4n) is 2.42. The number of phenolic OH excluding ortho intramolecular Hbond substituents is 1. The van der Waals surface area contributed by atoms with Gasteiger partial charge in [-0.2, -0.15) is 5.10 Å². The van der Waals surface area contributed by atoms with Crippen LogP contribution < -0.4 is 0 Å². The minimum absolute atomic E-state index is 0.0878. The second kappa shape index (κ2) is 7.36. The average Bonchev–Trinajstić information content (AvgIpc) is 3.12. The molecule has 0 fully saturated rings. The molecule has 1 aliphatic heterocycles. The Labute approximate surface area is 149 Å². The third-order valence-corrected chi connectivity index (χ3v) is 3.94. The van der Waals surface area contributed by atoms with Gasteiger partial charge in [0, 0.05) is 11.4 Å². The molecule has 0 atom stereocenters. The Morgan fingerprint density at radius 1 is 1.20 bits per heavy atom. The molecule has 1 aliphatic rings. The van der Waals surface area contributed by atoms with Gasteiger partial charge in [-0.3, -0.25) is 4.79 Å². The van der Waals surface area contributed by atoms with Crippen molar-refractivity contribution in [3.05, 3.63) is 64.7 Å². The summed E-state index contributed by atoms with van der Waals surface area (Å²) in [6.07, 6.45) is 0.638. The zero-order chi connectivity index (χ0) is 17.8. The van der Waals surface area contributed by atoms with E-state index in [9.17, 15) is 14.7 Å². The number of hydrogen-bond donors (Lipinski definition) is 1. The van der Waals surface area contributed by atoms with Crippen LogP contribution in [0.25, 0.3) is 0 Å². The number of hydrogen-bond acceptors (Lipinski definition) is 5. The first-order valence-corrected chi connectivity index (χ1v) is 8.01. The van der Waals surface area contributed by atoms with Crippen LogP contribution in [0.3, 0.4) is 0 Å². The van der Waals surface area contributed by atoms with E-state index in [0.717, 1.165) is 11.3 Å². The van der Waals surface area contributed by atoms with Crippen LogP contribution in [0.2, 0.25) is 5.02 Å². The molecule has 0 saturated carbocycles. The van der Waals surface area contributed by atoms with Crippen LogP contribution in [-0.2, 0) is 9.53 Å². The molecule has 2 aromatic rings. The van der Waals surface area contributed by atoms with E-state index in [1.54, 1.807) is 0 Å². The number of carbonyl (C=O) groups excluding carboxylic acids is 2. The lowest BCUT2D eigenvalue weighted by molar-refractivity contribution is -0.134. The zero-order valence-electron chi connectivity index (χ0n) is 13.2. The largest absolute Gasteiger partial charge is 0.507 e. The van der Waals surface area contributed by atoms with Gasteiger partial charge in [0.15, 0.2) is 6.61 Å². The summed E-state index contributed by atoms with van der Waals surface area (Å²) in [5.74, 6) is -1.51. The third-order valence-electron chi connectivity index (χ3n) is 3.70. The van der Waals surface area contributed by atoms with E-state index in [-0.39, 0.29) is 16.3 Å². The van der Waals surface area contributed by atoms with Gasteiger partial charge < -0.3 is 9.84 Å². The van der Waals surface area contributed by atoms with Gasteiger partial charge in [0.25, 0.3) is 5.91 Å². The van der Waals surface area contributed by atoms with E-state index in [0.29, 0.717) is 13.0 Å². The van der Waals surface area contributed by atoms with E-state index in [4.69, 9.17) is 16.3 Å². The van der Waals surface area contributed by atoms with Crippen molar-refractivity contribution in [2.24, 2.45) is 5.10 Å². The molecule has 0 aromatic heterocycles. The second-order valence-corrected chi connectivity index (χ2v) is 5.85. The molecule has 0 unspecified atom stereocenters. The molecule has 128 valence electrons. The number of phenols is 1. The highest BCUT2D eigenvalue weighted by molar-refractivity contribution is 6.31. The molecule has 0 radical (unpaired) electrons. The van der Waals surface area contributed by atoms with Crippen molar-refractivity contribution >= 4 is 29.2 Å². The first kappa shape index (κ1) is 17.0. The van der Waals surface area contributed by atoms with Crippen LogP contribution in [0.4, 0.5) is 0 Å². The van der Waals surface area contributed by atoms with Crippen LogP contribution in [0.15, 0.2) is 53.6 Å². The molecular formula is C18H15ClN2O4. The molecule has 2 aromatic carbocycles. The summed E-state index contributed by atoms with van der Waals surface area (Å²) in [5.41, 5.74) is 1.68. The van der Waals surface area contributed by atoms with Crippen molar-refractivity contribution < 1.29 is 19.4 Å². The fourth-order valence-corrected chi connectivity index (χ4v) is 2.59. The van der Waals surface area contributed by atoms with Crippen LogP contribution in [0, 0.1) is 0 Å². The Morgan fingerprint density at radius 3 is 2.72 bits per heavy atom. The molecule has 0 saturated heterocycles. The van der Waals surface area contributed by atoms with E-state index < -0.39 is 18.5 Å². The number of nitrogens with zero attached hydrogens (tertiary/aromatic N) is 2. The van der Waals surface area contributed by atoms with Gasteiger partial charge in [-0.05, 0) is 23.8 Å². The number of carbonyl (C=O) groups is 2. The van der Waals surface area contributed by atoms with Crippen LogP contribution in [0.5, 0.6) is 5.75 Å². The highest BCUT2D eigenvalue weighted by Crippen LogP contribution is 2.22. The normalized spacial score (nSPS) is 13.5. The van der Waals surface area contributed by atoms with Crippen molar-refractivity contribution in [3.63, 3.8) is 0 Å². The maximum atomic E-state index is 12.2. The van der Waals surface area contributed by atoms with Crippen molar-refractivity contribution in [2.45, 2.75) is 6.42 Å². The predicted octanol–water partition coefficient (Wildman–Crippen LogP) is 2.84. The van der Waals surface area contributed by atoms with E-state index in [2.05, 4.69) is 5.10 Å². The van der Waals surface area contributed by atoms with Crippen molar-refractivity contribution in [2.75, 3.05) is 13.2 Å². The maximum Gasteiger partial charge on any atom is 0.342 e. The maximum absolute atomic E-state index is 12.2. The second-order valence-electron chi connectivity index (χ2n) is 5.42. The molecule has 7 heteroatoms. The Morgan fingerprint density at radius 2 is 1.96 bits per heavy atom. The number of esters is 1. The molecule has 1 amide bonds. The van der Waals surface area contributed by atoms with Gasteiger partial charge in [0.2, 0.25) is 0 Å². The fraction of sp³-hybridized carbons (Fsp3) is 0.167. The van der Waals surface area contributed by atoms with Crippen molar-refractivity contribution in [1.82, 2.24) is 5.01 Å². The van der Waals surface area contributed by atoms with Gasteiger partial charge >= 0.3 is 5.97 Å². The summed E-state index contributed by atoms with van der Waals surface area (Å²) < 4.78 is 4.96. The average molecular weight is 359 g/mol. The van der Waals surface area contributed by atoms with Gasteiger partial charge in [0.05, 0.1) is 12.3 Å². The first-order valence-electron chi connectivity index (χ1n) is 7.63. The molecule has 1 heterocycles. The molecule has 25 heavy (non-hydrogen) atoms. The SMILES string of the molecule is O=C(OCC(=O)N1CCC(c2ccccc2)=N1)c1cc(Cl)ccc1O. The Bertz CT molecular complexity index is 836. The quantitative estimate of drug-likeness (QED) is 0.852. The van der Waals surface area contributed by atoms with Crippen molar-refractivity contribution in [1.29, 1.82) is 0 Å². The summed E-state index contributed by atoms with van der Waals surface area (Å²) in [5, 5.41) is 15.5. The number of halogens is 1. The number of rotatable bonds is 4. The molecule has 0 spiro atoms. The summed E-state index contributed by atoms with van der Waals surface area (Å²) >= 11 is 5.79. The smallest absolute Gasteiger partial charge is 0.342 e. The standard InChI is InChI=1S/C18H15ClN2O4/c19-13-6-7-16(22)14(10-13)18(24)25-11-17(23)21-9-8-15(20-21)12-4-2-1-3-5-12/h1-7,10,22H,8-9,11H2. The van der Waals surface area contributed by atoms with Gasteiger partial charge in [-0.25, -0.2) is 9.80 Å². The topological polar surface area (TPSA) is 79.2 Å². The van der Waals surface area contributed by atoms with Gasteiger partial charge in [-0.1, -0.05) is 41.9 Å². The minimum atomic E-state index is -0.820. The highest BCUT2D eigenvalue weighted by Gasteiger charge is 2.23. The van der Waals surface area contributed by atoms with Gasteiger partial charge in [-0.15, -0.1) is 0 Å². The predicted molar refractivity (Wildman–Crippen MR) is 92.7 cm³/mol. The summed E-state index contributed by atoms with van der Waals surface area (Å²) in [7, 11) is 0. The summed E-state index contributed by atoms with van der Waals surface area (Å²) in [6.45, 7) is -0.0284. The van der Waals surface area contributed by atoms with Crippen molar-refractivity contribution in [3.8, 4) is 5.75 Å². The van der Waals surface area contributed by atoms with E-state index in [1.165, 1.54) is 23.2 Å². The Hall–Kier alpha value is -2.86. The van der Waals surface area contributed by atoms with E-state index >= 15 is 0 Å².